The van der Waals surface area contributed by atoms with Crippen LogP contribution in [0, 0.1) is 0 Å². The van der Waals surface area contributed by atoms with Crippen molar-refractivity contribution in [2.45, 2.75) is 236 Å². The Labute approximate surface area is 396 Å². The quantitative estimate of drug-likeness (QED) is 0.0262. The van der Waals surface area contributed by atoms with Gasteiger partial charge in [-0.15, -0.1) is 0 Å². The number of nitrogens with one attached hydrogen (secondary N) is 1. The second kappa shape index (κ2) is 44.9. The fraction of sp³-hybridized carbons (Fsp3) is 0.696. The molecule has 1 rings (SSSR count). The molecule has 0 spiro atoms. The number of unbranched alkanes of at least 4 members (excludes halogenated alkanes) is 18. The molecule has 65 heavy (non-hydrogen) atoms. The van der Waals surface area contributed by atoms with E-state index in [2.05, 4.69) is 104 Å². The maximum Gasteiger partial charge on any atom is 0.220 e. The number of aliphatic hydroxyl groups is 5. The number of carbonyl (C=O) groups excluding carboxylic acids is 1. The third-order valence-electron chi connectivity index (χ3n) is 11.6. The first-order valence-electron chi connectivity index (χ1n) is 26.0. The highest BCUT2D eigenvalue weighted by atomic mass is 16.7. The van der Waals surface area contributed by atoms with Crippen LogP contribution < -0.4 is 5.32 Å². The molecule has 0 bridgehead atoms. The van der Waals surface area contributed by atoms with Gasteiger partial charge < -0.3 is 40.3 Å². The maximum absolute atomic E-state index is 13.0. The Balaban J connectivity index is 2.29. The number of hydrogen-bond acceptors (Lipinski definition) is 8. The van der Waals surface area contributed by atoms with Crippen LogP contribution in [0.25, 0.3) is 0 Å². The third-order valence-corrected chi connectivity index (χ3v) is 11.6. The molecule has 6 N–H and O–H groups in total. The molecule has 372 valence electrons. The Hall–Kier alpha value is -2.89. The molecule has 0 aromatic rings. The summed E-state index contributed by atoms with van der Waals surface area (Å²) in [6.07, 6.45) is 57.4. The maximum atomic E-state index is 13.0. The van der Waals surface area contributed by atoms with Crippen molar-refractivity contribution in [1.82, 2.24) is 5.32 Å². The second-order valence-corrected chi connectivity index (χ2v) is 17.6. The minimum atomic E-state index is -1.58. The summed E-state index contributed by atoms with van der Waals surface area (Å²) in [7, 11) is 0. The molecule has 0 saturated carbocycles. The van der Waals surface area contributed by atoms with E-state index >= 15 is 0 Å². The molecular weight excluding hydrogens is 815 g/mol. The van der Waals surface area contributed by atoms with E-state index in [9.17, 15) is 30.3 Å². The van der Waals surface area contributed by atoms with Crippen molar-refractivity contribution < 1.29 is 39.8 Å². The van der Waals surface area contributed by atoms with Crippen molar-refractivity contribution in [1.29, 1.82) is 0 Å². The lowest BCUT2D eigenvalue weighted by atomic mass is 9.99. The molecule has 7 atom stereocenters. The van der Waals surface area contributed by atoms with Gasteiger partial charge in [0.1, 0.15) is 24.4 Å². The highest BCUT2D eigenvalue weighted by Crippen LogP contribution is 2.22. The number of allylic oxidation sites excluding steroid dienone is 15. The van der Waals surface area contributed by atoms with Crippen LogP contribution in [0.4, 0.5) is 0 Å². The molecule has 9 heteroatoms. The molecule has 0 aromatic carbocycles. The monoisotopic (exact) mass is 910 g/mol. The average Bonchev–Trinajstić information content (AvgIpc) is 3.31. The average molecular weight is 910 g/mol. The van der Waals surface area contributed by atoms with Gasteiger partial charge in [-0.05, 0) is 83.5 Å². The molecule has 1 saturated heterocycles. The molecule has 7 unspecified atom stereocenters. The molecule has 0 aliphatic carbocycles. The number of carbonyl (C=O) groups is 1. The SMILES string of the molecule is CC/C=C\C/C=C\C/C=C\C/C=C\C/C=C\C/C=C\CCCCCCCCCCC(=O)NC(COC1OC(CO)C(O)C(O)C1O)C(O)/C=C/CC/C=C/CCCCCCCCCCC. The normalized spacial score (nSPS) is 20.8. The molecule has 1 aliphatic rings. The summed E-state index contributed by atoms with van der Waals surface area (Å²) in [5.41, 5.74) is 0. The van der Waals surface area contributed by atoms with E-state index in [4.69, 9.17) is 9.47 Å². The number of ether oxygens (including phenoxy) is 2. The van der Waals surface area contributed by atoms with Crippen LogP contribution in [0.1, 0.15) is 194 Å². The van der Waals surface area contributed by atoms with Crippen LogP contribution >= 0.6 is 0 Å². The first-order chi connectivity index (χ1) is 31.8. The predicted molar refractivity (Wildman–Crippen MR) is 271 cm³/mol. The lowest BCUT2D eigenvalue weighted by Crippen LogP contribution is -2.60. The molecule has 1 amide bonds. The van der Waals surface area contributed by atoms with Crippen molar-refractivity contribution in [2.24, 2.45) is 0 Å². The van der Waals surface area contributed by atoms with E-state index in [1.807, 2.05) is 6.08 Å². The van der Waals surface area contributed by atoms with E-state index < -0.39 is 49.5 Å². The van der Waals surface area contributed by atoms with Crippen molar-refractivity contribution in [3.8, 4) is 0 Å². The second-order valence-electron chi connectivity index (χ2n) is 17.6. The largest absolute Gasteiger partial charge is 0.394 e. The van der Waals surface area contributed by atoms with Crippen LogP contribution in [0.15, 0.2) is 97.2 Å². The molecule has 9 nitrogen and oxygen atoms in total. The number of amides is 1. The molecule has 1 fully saturated rings. The Morgan fingerprint density at radius 2 is 0.969 bits per heavy atom. The molecular formula is C56H95NO8. The van der Waals surface area contributed by atoms with Crippen LogP contribution in [0.5, 0.6) is 0 Å². The van der Waals surface area contributed by atoms with Gasteiger partial charge in [0.2, 0.25) is 5.91 Å². The van der Waals surface area contributed by atoms with Gasteiger partial charge in [-0.3, -0.25) is 4.79 Å². The van der Waals surface area contributed by atoms with Crippen molar-refractivity contribution in [3.63, 3.8) is 0 Å². The third kappa shape index (κ3) is 35.0. The summed E-state index contributed by atoms with van der Waals surface area (Å²) >= 11 is 0. The van der Waals surface area contributed by atoms with Gasteiger partial charge in [0, 0.05) is 6.42 Å². The van der Waals surface area contributed by atoms with E-state index in [1.165, 1.54) is 83.5 Å². The lowest BCUT2D eigenvalue weighted by molar-refractivity contribution is -0.302. The summed E-state index contributed by atoms with van der Waals surface area (Å²) in [5.74, 6) is -0.200. The molecule has 1 heterocycles. The zero-order valence-corrected chi connectivity index (χ0v) is 41.0. The van der Waals surface area contributed by atoms with Crippen LogP contribution in [-0.2, 0) is 14.3 Å². The van der Waals surface area contributed by atoms with Crippen LogP contribution in [0.3, 0.4) is 0 Å². The van der Waals surface area contributed by atoms with E-state index in [0.29, 0.717) is 6.42 Å². The van der Waals surface area contributed by atoms with E-state index in [-0.39, 0.29) is 12.5 Å². The Bertz CT molecular complexity index is 1330. The molecule has 0 aromatic heterocycles. The fourth-order valence-corrected chi connectivity index (χ4v) is 7.53. The fourth-order valence-electron chi connectivity index (χ4n) is 7.53. The lowest BCUT2D eigenvalue weighted by Gasteiger charge is -2.40. The molecule has 0 radical (unpaired) electrons. The minimum absolute atomic E-state index is 0.200. The Morgan fingerprint density at radius 3 is 1.48 bits per heavy atom. The first-order valence-corrected chi connectivity index (χ1v) is 26.0. The van der Waals surface area contributed by atoms with Crippen molar-refractivity contribution >= 4 is 5.91 Å². The number of hydrogen-bond donors (Lipinski definition) is 6. The summed E-state index contributed by atoms with van der Waals surface area (Å²) in [5, 5.41) is 54.3. The molecule has 1 aliphatic heterocycles. The predicted octanol–water partition coefficient (Wildman–Crippen LogP) is 12.1. The smallest absolute Gasteiger partial charge is 0.220 e. The van der Waals surface area contributed by atoms with Crippen molar-refractivity contribution in [2.75, 3.05) is 13.2 Å². The van der Waals surface area contributed by atoms with Crippen LogP contribution in [0.2, 0.25) is 0 Å². The summed E-state index contributed by atoms with van der Waals surface area (Å²) in [6, 6.07) is -0.832. The van der Waals surface area contributed by atoms with Crippen molar-refractivity contribution in [3.05, 3.63) is 97.2 Å². The first kappa shape index (κ1) is 60.1. The van der Waals surface area contributed by atoms with Gasteiger partial charge in [0.15, 0.2) is 6.29 Å². The zero-order valence-electron chi connectivity index (χ0n) is 41.0. The number of rotatable bonds is 42. The highest BCUT2D eigenvalue weighted by Gasteiger charge is 2.44. The zero-order chi connectivity index (χ0) is 47.3. The van der Waals surface area contributed by atoms with E-state index in [0.717, 1.165) is 89.9 Å². The summed E-state index contributed by atoms with van der Waals surface area (Å²) in [4.78, 5) is 13.0. The number of aliphatic hydroxyl groups excluding tert-OH is 5. The Morgan fingerprint density at radius 1 is 0.538 bits per heavy atom. The van der Waals surface area contributed by atoms with Gasteiger partial charge in [-0.25, -0.2) is 0 Å². The Kier molecular flexibility index (Phi) is 41.6. The van der Waals surface area contributed by atoms with Gasteiger partial charge in [0.25, 0.3) is 0 Å². The van der Waals surface area contributed by atoms with Gasteiger partial charge >= 0.3 is 0 Å². The van der Waals surface area contributed by atoms with E-state index in [1.54, 1.807) is 6.08 Å². The minimum Gasteiger partial charge on any atom is -0.394 e. The van der Waals surface area contributed by atoms with Gasteiger partial charge in [-0.1, -0.05) is 201 Å². The van der Waals surface area contributed by atoms with Crippen LogP contribution in [-0.4, -0.2) is 87.5 Å². The topological polar surface area (TPSA) is 149 Å². The van der Waals surface area contributed by atoms with Gasteiger partial charge in [0.05, 0.1) is 25.4 Å². The highest BCUT2D eigenvalue weighted by molar-refractivity contribution is 5.76. The standard InChI is InChI=1S/C56H95NO8/c1-3-5-7-9-11-13-15-17-19-20-21-22-23-24-25-26-27-28-29-30-32-34-36-38-40-42-44-46-52(60)57-49(48-64-56-55(63)54(62)53(61)51(47-58)65-56)50(59)45-43-41-39-37-35-33-31-18-16-14-12-10-8-6-4-2/h5,7,11,13,17,19,21-22,24-25,27-28,35,37,43,45,49-51,53-56,58-59,61-63H,3-4,6,8-10,12,14-16,18,20,23,26,29-34,36,38-42,44,46-48H2,1-2H3,(H,57,60)/b7-5-,13-11-,19-17-,22-21-,25-24-,28-27-,37-35+,45-43+. The summed E-state index contributed by atoms with van der Waals surface area (Å²) in [6.45, 7) is 3.62. The summed E-state index contributed by atoms with van der Waals surface area (Å²) < 4.78 is 11.2. The van der Waals surface area contributed by atoms with Gasteiger partial charge in [-0.2, -0.15) is 0 Å².